The van der Waals surface area contributed by atoms with Crippen molar-refractivity contribution in [1.29, 1.82) is 0 Å². The molecule has 20 heavy (non-hydrogen) atoms. The van der Waals surface area contributed by atoms with E-state index in [2.05, 4.69) is 0 Å². The summed E-state index contributed by atoms with van der Waals surface area (Å²) in [5, 5.41) is 0. The lowest BCUT2D eigenvalue weighted by Gasteiger charge is -2.34. The van der Waals surface area contributed by atoms with Crippen LogP contribution in [0.4, 0.5) is 4.39 Å². The van der Waals surface area contributed by atoms with Crippen LogP contribution < -0.4 is 0 Å². The Hall–Kier alpha value is -1.91. The standard InChI is InChI=1S/C15H18FNO3/c1-2-20-15(19)13-5-3-4-10-17(13)14(18)11-6-8-12(16)9-7-11/h6-9,13H,2-5,10H2,1H3. The monoisotopic (exact) mass is 279 g/mol. The van der Waals surface area contributed by atoms with Gasteiger partial charge in [-0.1, -0.05) is 0 Å². The van der Waals surface area contributed by atoms with Crippen LogP contribution in [0, 0.1) is 5.82 Å². The molecule has 108 valence electrons. The van der Waals surface area contributed by atoms with Gasteiger partial charge in [0, 0.05) is 12.1 Å². The Morgan fingerprint density at radius 3 is 2.65 bits per heavy atom. The first-order valence-electron chi connectivity index (χ1n) is 6.86. The second kappa shape index (κ2) is 6.50. The van der Waals surface area contributed by atoms with Gasteiger partial charge in [-0.3, -0.25) is 4.79 Å². The van der Waals surface area contributed by atoms with Crippen LogP contribution in [0.2, 0.25) is 0 Å². The van der Waals surface area contributed by atoms with E-state index < -0.39 is 6.04 Å². The molecule has 0 bridgehead atoms. The number of benzene rings is 1. The summed E-state index contributed by atoms with van der Waals surface area (Å²) in [4.78, 5) is 25.9. The van der Waals surface area contributed by atoms with Gasteiger partial charge < -0.3 is 9.64 Å². The number of carbonyl (C=O) groups excluding carboxylic acids is 2. The summed E-state index contributed by atoms with van der Waals surface area (Å²) in [6, 6.07) is 4.84. The van der Waals surface area contributed by atoms with Gasteiger partial charge >= 0.3 is 5.97 Å². The van der Waals surface area contributed by atoms with Crippen LogP contribution in [0.15, 0.2) is 24.3 Å². The molecule has 4 nitrogen and oxygen atoms in total. The number of esters is 1. The summed E-state index contributed by atoms with van der Waals surface area (Å²) in [6.07, 6.45) is 2.38. The smallest absolute Gasteiger partial charge is 0.328 e. The molecule has 2 rings (SSSR count). The van der Waals surface area contributed by atoms with Crippen molar-refractivity contribution in [3.63, 3.8) is 0 Å². The van der Waals surface area contributed by atoms with E-state index in [4.69, 9.17) is 4.74 Å². The number of rotatable bonds is 3. The van der Waals surface area contributed by atoms with Crippen LogP contribution in [0.3, 0.4) is 0 Å². The molecule has 1 fully saturated rings. The molecule has 1 heterocycles. The molecular formula is C15H18FNO3. The van der Waals surface area contributed by atoms with Crippen LogP contribution in [0.1, 0.15) is 36.5 Å². The molecule has 1 amide bonds. The second-order valence-electron chi connectivity index (χ2n) is 4.77. The number of halogens is 1. The summed E-state index contributed by atoms with van der Waals surface area (Å²) in [7, 11) is 0. The maximum absolute atomic E-state index is 12.9. The highest BCUT2D eigenvalue weighted by atomic mass is 19.1. The van der Waals surface area contributed by atoms with E-state index in [1.807, 2.05) is 0 Å². The molecule has 1 atom stereocenters. The second-order valence-corrected chi connectivity index (χ2v) is 4.77. The largest absolute Gasteiger partial charge is 0.464 e. The fraction of sp³-hybridized carbons (Fsp3) is 0.467. The Morgan fingerprint density at radius 1 is 1.30 bits per heavy atom. The van der Waals surface area contributed by atoms with Gasteiger partial charge in [-0.25, -0.2) is 9.18 Å². The molecule has 1 unspecified atom stereocenters. The minimum Gasteiger partial charge on any atom is -0.464 e. The third kappa shape index (κ3) is 3.15. The van der Waals surface area contributed by atoms with Gasteiger partial charge in [0.25, 0.3) is 5.91 Å². The van der Waals surface area contributed by atoms with Gasteiger partial charge in [-0.15, -0.1) is 0 Å². The van der Waals surface area contributed by atoms with Crippen molar-refractivity contribution < 1.29 is 18.7 Å². The van der Waals surface area contributed by atoms with Crippen LogP contribution in [-0.2, 0) is 9.53 Å². The zero-order valence-electron chi connectivity index (χ0n) is 11.5. The molecule has 5 heteroatoms. The molecule has 1 saturated heterocycles. The Balaban J connectivity index is 2.16. The van der Waals surface area contributed by atoms with Crippen LogP contribution >= 0.6 is 0 Å². The van der Waals surface area contributed by atoms with E-state index >= 15 is 0 Å². The number of nitrogens with zero attached hydrogens (tertiary/aromatic N) is 1. The number of piperidine rings is 1. The van der Waals surface area contributed by atoms with Crippen molar-refractivity contribution in [2.24, 2.45) is 0 Å². The Morgan fingerprint density at radius 2 is 2.00 bits per heavy atom. The van der Waals surface area contributed by atoms with E-state index in [0.29, 0.717) is 25.1 Å². The van der Waals surface area contributed by atoms with Gasteiger partial charge in [-0.05, 0) is 50.5 Å². The Bertz CT molecular complexity index is 486. The first kappa shape index (κ1) is 14.5. The van der Waals surface area contributed by atoms with Crippen molar-refractivity contribution in [2.45, 2.75) is 32.2 Å². The van der Waals surface area contributed by atoms with Gasteiger partial charge in [0.15, 0.2) is 0 Å². The SMILES string of the molecule is CCOC(=O)C1CCCCN1C(=O)c1ccc(F)cc1. The van der Waals surface area contributed by atoms with E-state index in [0.717, 1.165) is 12.8 Å². The van der Waals surface area contributed by atoms with Crippen LogP contribution in [-0.4, -0.2) is 36.0 Å². The van der Waals surface area contributed by atoms with Crippen molar-refractivity contribution >= 4 is 11.9 Å². The normalized spacial score (nSPS) is 18.7. The maximum Gasteiger partial charge on any atom is 0.328 e. The molecule has 0 N–H and O–H groups in total. The Kier molecular flexibility index (Phi) is 4.71. The van der Waals surface area contributed by atoms with Crippen LogP contribution in [0.5, 0.6) is 0 Å². The zero-order valence-corrected chi connectivity index (χ0v) is 11.5. The molecule has 1 aromatic rings. The van der Waals surface area contributed by atoms with E-state index in [-0.39, 0.29) is 17.7 Å². The molecule has 0 saturated carbocycles. The summed E-state index contributed by atoms with van der Waals surface area (Å²) in [5.74, 6) is -0.993. The molecule has 0 radical (unpaired) electrons. The molecule has 0 aliphatic carbocycles. The number of carbonyl (C=O) groups is 2. The van der Waals surface area contributed by atoms with Crippen molar-refractivity contribution in [1.82, 2.24) is 4.90 Å². The molecule has 0 spiro atoms. The lowest BCUT2D eigenvalue weighted by molar-refractivity contribution is -0.149. The molecular weight excluding hydrogens is 261 g/mol. The van der Waals surface area contributed by atoms with E-state index in [9.17, 15) is 14.0 Å². The molecule has 1 aromatic carbocycles. The summed E-state index contributed by atoms with van der Waals surface area (Å²) in [5.41, 5.74) is 0.391. The first-order valence-corrected chi connectivity index (χ1v) is 6.86. The third-order valence-electron chi connectivity index (χ3n) is 3.41. The lowest BCUT2D eigenvalue weighted by Crippen LogP contribution is -2.48. The average molecular weight is 279 g/mol. The van der Waals surface area contributed by atoms with Crippen molar-refractivity contribution in [3.05, 3.63) is 35.6 Å². The summed E-state index contributed by atoms with van der Waals surface area (Å²) in [6.45, 7) is 2.57. The highest BCUT2D eigenvalue weighted by molar-refractivity contribution is 5.96. The summed E-state index contributed by atoms with van der Waals surface area (Å²) >= 11 is 0. The number of hydrogen-bond donors (Lipinski definition) is 0. The van der Waals surface area contributed by atoms with Crippen molar-refractivity contribution in [3.8, 4) is 0 Å². The van der Waals surface area contributed by atoms with Crippen molar-refractivity contribution in [2.75, 3.05) is 13.2 Å². The lowest BCUT2D eigenvalue weighted by atomic mass is 10.0. The van der Waals surface area contributed by atoms with Crippen LogP contribution in [0.25, 0.3) is 0 Å². The molecule has 0 aromatic heterocycles. The van der Waals surface area contributed by atoms with Gasteiger partial charge in [0.1, 0.15) is 11.9 Å². The van der Waals surface area contributed by atoms with Gasteiger partial charge in [0.05, 0.1) is 6.61 Å². The van der Waals surface area contributed by atoms with Gasteiger partial charge in [-0.2, -0.15) is 0 Å². The predicted octanol–water partition coefficient (Wildman–Crippen LogP) is 2.38. The highest BCUT2D eigenvalue weighted by Crippen LogP contribution is 2.21. The molecule has 1 aliphatic heterocycles. The Labute approximate surface area is 117 Å². The molecule has 1 aliphatic rings. The predicted molar refractivity (Wildman–Crippen MR) is 71.7 cm³/mol. The topological polar surface area (TPSA) is 46.6 Å². The highest BCUT2D eigenvalue weighted by Gasteiger charge is 2.33. The average Bonchev–Trinajstić information content (AvgIpc) is 2.47. The zero-order chi connectivity index (χ0) is 14.5. The third-order valence-corrected chi connectivity index (χ3v) is 3.41. The minimum atomic E-state index is -0.527. The number of hydrogen-bond acceptors (Lipinski definition) is 3. The van der Waals surface area contributed by atoms with E-state index in [1.165, 1.54) is 29.2 Å². The fourth-order valence-electron chi connectivity index (χ4n) is 2.42. The minimum absolute atomic E-state index is 0.247. The number of likely N-dealkylation sites (tertiary alicyclic amines) is 1. The quantitative estimate of drug-likeness (QED) is 0.798. The fourth-order valence-corrected chi connectivity index (χ4v) is 2.42. The first-order chi connectivity index (χ1) is 9.63. The van der Waals surface area contributed by atoms with Gasteiger partial charge in [0.2, 0.25) is 0 Å². The number of amides is 1. The maximum atomic E-state index is 12.9. The summed E-state index contributed by atoms with van der Waals surface area (Å²) < 4.78 is 17.9. The van der Waals surface area contributed by atoms with E-state index in [1.54, 1.807) is 6.92 Å². The number of ether oxygens (including phenoxy) is 1.